The maximum Gasteiger partial charge on any atom is 0.239 e. The van der Waals surface area contributed by atoms with Crippen LogP contribution in [-0.4, -0.2) is 65.5 Å². The molecule has 64 heavy (non-hydrogen) atoms. The number of carbonyl (C=O) groups is 1. The van der Waals surface area contributed by atoms with Gasteiger partial charge in [-0.25, -0.2) is 4.39 Å². The van der Waals surface area contributed by atoms with Crippen LogP contribution in [0, 0.1) is 29.5 Å². The predicted octanol–water partition coefficient (Wildman–Crippen LogP) is 10.8. The van der Waals surface area contributed by atoms with Crippen LogP contribution >= 0.6 is 0 Å². The summed E-state index contributed by atoms with van der Waals surface area (Å²) in [6.07, 6.45) is 15.0. The Morgan fingerprint density at radius 1 is 0.938 bits per heavy atom. The van der Waals surface area contributed by atoms with E-state index in [-0.39, 0.29) is 55.9 Å². The fourth-order valence-corrected chi connectivity index (χ4v) is 11.4. The lowest BCUT2D eigenvalue weighted by Crippen LogP contribution is -2.70. The maximum absolute atomic E-state index is 15.3. The van der Waals surface area contributed by atoms with Crippen LogP contribution in [0.5, 0.6) is 11.5 Å². The first kappa shape index (κ1) is 45.5. The van der Waals surface area contributed by atoms with Gasteiger partial charge < -0.3 is 34.2 Å². The molecule has 0 saturated heterocycles. The van der Waals surface area contributed by atoms with E-state index in [1.807, 2.05) is 35.2 Å². The van der Waals surface area contributed by atoms with Gasteiger partial charge in [-0.1, -0.05) is 116 Å². The summed E-state index contributed by atoms with van der Waals surface area (Å²) in [5, 5.41) is 26.9. The molecule has 3 aliphatic carbocycles. The zero-order valence-electron chi connectivity index (χ0n) is 37.3. The summed E-state index contributed by atoms with van der Waals surface area (Å²) in [6, 6.07) is 26.5. The molecule has 2 saturated carbocycles. The van der Waals surface area contributed by atoms with Crippen molar-refractivity contribution in [2.45, 2.75) is 114 Å². The van der Waals surface area contributed by atoms with Crippen LogP contribution in [0.25, 0.3) is 10.8 Å². The van der Waals surface area contributed by atoms with Crippen molar-refractivity contribution in [3.05, 3.63) is 132 Å². The molecule has 340 valence electrons. The van der Waals surface area contributed by atoms with Crippen molar-refractivity contribution >= 4 is 22.4 Å². The molecule has 0 bridgehead atoms. The number of hydrogen-bond donors (Lipinski definition) is 2. The van der Waals surface area contributed by atoms with E-state index in [0.29, 0.717) is 55.2 Å². The van der Waals surface area contributed by atoms with Crippen LogP contribution in [0.4, 0.5) is 4.39 Å². The summed E-state index contributed by atoms with van der Waals surface area (Å²) in [5.41, 5.74) is 4.18. The minimum absolute atomic E-state index is 0.0515. The van der Waals surface area contributed by atoms with Crippen LogP contribution < -0.4 is 9.47 Å². The average molecular weight is 873 g/mol. The molecule has 6 atom stereocenters. The number of amides is 1. The molecule has 0 unspecified atom stereocenters. The van der Waals surface area contributed by atoms with Gasteiger partial charge in [-0.05, 0) is 96.0 Å². The number of rotatable bonds is 21. The number of aliphatic hydroxyl groups is 2. The molecule has 0 radical (unpaired) electrons. The number of ether oxygens (including phenoxy) is 3. The highest BCUT2D eigenvalue weighted by Gasteiger charge is 2.65. The largest absolute Gasteiger partial charge is 0.489 e. The van der Waals surface area contributed by atoms with Gasteiger partial charge in [0.2, 0.25) is 11.7 Å². The standard InChI is InChI=1S/C54H65FN2O7/c1-3-31-63-54-50(57(51(60)28-25-37-15-4-5-16-37)35-40-21-14-20-38-17-6-8-22-43(38)40)34-48(56-61-2)45-32-39(18-10-12-29-58)44(23-11-13-30-59)52(53(45)54)46-33-42(26-27-49(46)64-54)62-36-41-19-7-9-24-47(41)55/h3,6-9,14,17,19-22,24,26-27,32-33,37,39,44,50,52-53,58-59H,1,4-5,10-13,15-16,18,23,25,28-31,34-36H2,2H3/t39-,44+,50-,52+,53+,54+/m0/s1. The number of oxime groups is 1. The van der Waals surface area contributed by atoms with Crippen LogP contribution in [0.15, 0.2) is 114 Å². The quantitative estimate of drug-likeness (QED) is 0.0487. The van der Waals surface area contributed by atoms with Crippen molar-refractivity contribution in [3.63, 3.8) is 0 Å². The van der Waals surface area contributed by atoms with Gasteiger partial charge in [-0.15, -0.1) is 6.58 Å². The zero-order valence-corrected chi connectivity index (χ0v) is 37.3. The second kappa shape index (κ2) is 21.3. The molecule has 4 aromatic carbocycles. The van der Waals surface area contributed by atoms with Crippen molar-refractivity contribution in [2.24, 2.45) is 28.8 Å². The first-order valence-corrected chi connectivity index (χ1v) is 23.6. The number of unbranched alkanes of at least 4 members (excludes halogenated alkanes) is 2. The highest BCUT2D eigenvalue weighted by Crippen LogP contribution is 2.62. The third-order valence-corrected chi connectivity index (χ3v) is 14.4. The lowest BCUT2D eigenvalue weighted by atomic mass is 9.55. The van der Waals surface area contributed by atoms with E-state index in [2.05, 4.69) is 43.0 Å². The van der Waals surface area contributed by atoms with E-state index < -0.39 is 17.7 Å². The molecule has 9 nitrogen and oxygen atoms in total. The molecule has 0 aromatic heterocycles. The molecular formula is C54H65FN2O7. The Bertz CT molecular complexity index is 2280. The molecule has 2 fully saturated rings. The van der Waals surface area contributed by atoms with Crippen molar-refractivity contribution in [1.82, 2.24) is 4.90 Å². The Morgan fingerprint density at radius 3 is 2.47 bits per heavy atom. The van der Waals surface area contributed by atoms with Crippen molar-refractivity contribution in [3.8, 4) is 11.5 Å². The fourth-order valence-electron chi connectivity index (χ4n) is 11.4. The summed E-state index contributed by atoms with van der Waals surface area (Å²) in [4.78, 5) is 23.0. The number of allylic oxidation sites excluding steroid dienone is 1. The molecule has 4 aromatic rings. The second-order valence-electron chi connectivity index (χ2n) is 18.2. The monoisotopic (exact) mass is 872 g/mol. The van der Waals surface area contributed by atoms with E-state index in [9.17, 15) is 14.6 Å². The number of carbonyl (C=O) groups excluding carboxylic acids is 1. The molecule has 1 heterocycles. The summed E-state index contributed by atoms with van der Waals surface area (Å²) in [7, 11) is 1.57. The predicted molar refractivity (Wildman–Crippen MR) is 248 cm³/mol. The third-order valence-electron chi connectivity index (χ3n) is 14.4. The summed E-state index contributed by atoms with van der Waals surface area (Å²) in [5.74, 6) is -0.395. The normalized spacial score (nSPS) is 24.4. The Kier molecular flexibility index (Phi) is 15.2. The Labute approximate surface area is 377 Å². The number of nitrogens with zero attached hydrogens (tertiary/aromatic N) is 2. The SMILES string of the molecule is C=CCO[C@@]12Oc3ccc(OCc4ccccc4F)cc3[C@H]3[C@H](CCCCO)[C@@H](CCCCO)C=C(C(=NOC)C[C@@H]1N(Cc1cccc4ccccc14)C(=O)CCC1CCCC1)[C@H]32. The summed E-state index contributed by atoms with van der Waals surface area (Å²) < 4.78 is 35.9. The minimum atomic E-state index is -1.38. The van der Waals surface area contributed by atoms with Crippen molar-refractivity contribution in [1.29, 1.82) is 0 Å². The third kappa shape index (κ3) is 9.65. The van der Waals surface area contributed by atoms with E-state index >= 15 is 4.79 Å². The minimum Gasteiger partial charge on any atom is -0.489 e. The van der Waals surface area contributed by atoms with Gasteiger partial charge in [-0.3, -0.25) is 4.79 Å². The smallest absolute Gasteiger partial charge is 0.239 e. The van der Waals surface area contributed by atoms with Crippen molar-refractivity contribution < 1.29 is 38.4 Å². The van der Waals surface area contributed by atoms with Gasteiger partial charge >= 0.3 is 0 Å². The van der Waals surface area contributed by atoms with Crippen molar-refractivity contribution in [2.75, 3.05) is 26.9 Å². The molecular weight excluding hydrogens is 808 g/mol. The summed E-state index contributed by atoms with van der Waals surface area (Å²) >= 11 is 0. The van der Waals surface area contributed by atoms with Crippen LogP contribution in [-0.2, 0) is 27.5 Å². The second-order valence-corrected chi connectivity index (χ2v) is 18.2. The molecule has 8 rings (SSSR count). The Hall–Kier alpha value is -5.03. The Balaban J connectivity index is 1.31. The van der Waals surface area contributed by atoms with Crippen LogP contribution in [0.3, 0.4) is 0 Å². The number of halogens is 1. The highest BCUT2D eigenvalue weighted by atomic mass is 19.1. The molecule has 4 aliphatic rings. The van der Waals surface area contributed by atoms with Crippen LogP contribution in [0.2, 0.25) is 0 Å². The van der Waals surface area contributed by atoms with E-state index in [4.69, 9.17) is 24.2 Å². The molecule has 10 heteroatoms. The van der Waals surface area contributed by atoms with E-state index in [0.717, 1.165) is 78.1 Å². The topological polar surface area (TPSA) is 110 Å². The lowest BCUT2D eigenvalue weighted by Gasteiger charge is -2.60. The fraction of sp³-hybridized carbons (Fsp3) is 0.481. The first-order valence-electron chi connectivity index (χ1n) is 23.6. The lowest BCUT2D eigenvalue weighted by molar-refractivity contribution is -0.258. The van der Waals surface area contributed by atoms with E-state index in [1.165, 1.54) is 18.9 Å². The van der Waals surface area contributed by atoms with Gasteiger partial charge in [0.25, 0.3) is 0 Å². The Morgan fingerprint density at radius 2 is 1.69 bits per heavy atom. The van der Waals surface area contributed by atoms with Crippen LogP contribution in [0.1, 0.15) is 106 Å². The van der Waals surface area contributed by atoms with Gasteiger partial charge in [-0.2, -0.15) is 0 Å². The van der Waals surface area contributed by atoms with E-state index in [1.54, 1.807) is 31.4 Å². The zero-order chi connectivity index (χ0) is 44.5. The van der Waals surface area contributed by atoms with Gasteiger partial charge in [0.15, 0.2) is 0 Å². The number of hydrogen-bond acceptors (Lipinski definition) is 8. The molecule has 0 spiro atoms. The molecule has 1 amide bonds. The average Bonchev–Trinajstić information content (AvgIpc) is 3.85. The molecule has 2 N–H and O–H groups in total. The highest BCUT2D eigenvalue weighted by molar-refractivity contribution is 6.03. The molecule has 1 aliphatic heterocycles. The van der Waals surface area contributed by atoms with Gasteiger partial charge in [0.1, 0.15) is 37.1 Å². The van der Waals surface area contributed by atoms with Gasteiger partial charge in [0, 0.05) is 49.6 Å². The number of fused-ring (bicyclic) bond motifs is 3. The van der Waals surface area contributed by atoms with Gasteiger partial charge in [0.05, 0.1) is 18.2 Å². The number of aliphatic hydroxyl groups excluding tert-OH is 2. The first-order chi connectivity index (χ1) is 31.4. The maximum atomic E-state index is 15.3. The summed E-state index contributed by atoms with van der Waals surface area (Å²) in [6.45, 7) is 4.88. The number of benzene rings is 4.